The Balaban J connectivity index is 2.13. The summed E-state index contributed by atoms with van der Waals surface area (Å²) in [7, 11) is 1.91. The van der Waals surface area contributed by atoms with Crippen LogP contribution >= 0.6 is 11.6 Å². The van der Waals surface area contributed by atoms with Gasteiger partial charge in [-0.1, -0.05) is 25.4 Å². The molecule has 2 aromatic rings. The van der Waals surface area contributed by atoms with Crippen LogP contribution in [0, 0.1) is 11.7 Å². The molecule has 0 spiro atoms. The van der Waals surface area contributed by atoms with E-state index in [4.69, 9.17) is 16.3 Å². The first-order valence-corrected chi connectivity index (χ1v) is 8.15. The molecule has 0 fully saturated rings. The zero-order chi connectivity index (χ0) is 16.8. The largest absolute Gasteiger partial charge is 0.473 e. The van der Waals surface area contributed by atoms with Crippen LogP contribution in [0.4, 0.5) is 4.39 Å². The molecular weight excluding hydrogens is 317 g/mol. The van der Waals surface area contributed by atoms with Crippen molar-refractivity contribution in [3.05, 3.63) is 46.4 Å². The smallest absolute Gasteiger partial charge is 0.212 e. The van der Waals surface area contributed by atoms with Gasteiger partial charge in [0.05, 0.1) is 5.69 Å². The van der Waals surface area contributed by atoms with E-state index in [-0.39, 0.29) is 12.4 Å². The lowest BCUT2D eigenvalue weighted by Crippen LogP contribution is -2.12. The minimum Gasteiger partial charge on any atom is -0.473 e. The topological polar surface area (TPSA) is 39.1 Å². The van der Waals surface area contributed by atoms with Crippen LogP contribution in [0.1, 0.15) is 25.1 Å². The summed E-state index contributed by atoms with van der Waals surface area (Å²) < 4.78 is 21.4. The van der Waals surface area contributed by atoms with E-state index in [0.29, 0.717) is 22.4 Å². The third-order valence-electron chi connectivity index (χ3n) is 3.35. The number of likely N-dealkylation sites (N-methyl/N-ethyl adjacent to an activating group) is 1. The van der Waals surface area contributed by atoms with E-state index in [2.05, 4.69) is 24.3 Å². The average Bonchev–Trinajstić information content (AvgIpc) is 2.87. The number of benzene rings is 1. The van der Waals surface area contributed by atoms with E-state index < -0.39 is 0 Å². The van der Waals surface area contributed by atoms with Crippen LogP contribution < -0.4 is 10.1 Å². The quantitative estimate of drug-likeness (QED) is 0.797. The van der Waals surface area contributed by atoms with Crippen LogP contribution in [-0.4, -0.2) is 23.4 Å². The van der Waals surface area contributed by atoms with Crippen LogP contribution in [0.3, 0.4) is 0 Å². The van der Waals surface area contributed by atoms with Gasteiger partial charge >= 0.3 is 0 Å². The van der Waals surface area contributed by atoms with Crippen molar-refractivity contribution in [2.45, 2.75) is 33.4 Å². The van der Waals surface area contributed by atoms with Gasteiger partial charge in [-0.05, 0) is 31.2 Å². The second-order valence-corrected chi connectivity index (χ2v) is 6.36. The fourth-order valence-corrected chi connectivity index (χ4v) is 2.42. The highest BCUT2D eigenvalue weighted by atomic mass is 35.5. The first-order chi connectivity index (χ1) is 11.0. The maximum absolute atomic E-state index is 13.8. The zero-order valence-corrected chi connectivity index (χ0v) is 14.5. The van der Waals surface area contributed by atoms with E-state index in [0.717, 1.165) is 25.2 Å². The number of hydrogen-bond acceptors (Lipinski definition) is 3. The highest BCUT2D eigenvalue weighted by Crippen LogP contribution is 2.20. The van der Waals surface area contributed by atoms with Crippen molar-refractivity contribution in [2.24, 2.45) is 5.92 Å². The standard InChI is InChI=1S/C17H23ClFN3O/c1-12(2)10-22-17(9-15(21-22)6-7-20-3)23-11-13-8-14(18)4-5-16(13)19/h4-5,8-9,12,20H,6-7,10-11H2,1-3H3. The molecule has 23 heavy (non-hydrogen) atoms. The van der Waals surface area contributed by atoms with Gasteiger partial charge in [-0.3, -0.25) is 0 Å². The number of aromatic nitrogens is 2. The summed E-state index contributed by atoms with van der Waals surface area (Å²) in [4.78, 5) is 0. The van der Waals surface area contributed by atoms with Gasteiger partial charge in [0.25, 0.3) is 0 Å². The molecule has 0 bridgehead atoms. The number of nitrogens with zero attached hydrogens (tertiary/aromatic N) is 2. The summed E-state index contributed by atoms with van der Waals surface area (Å²) in [5.74, 6) is 0.779. The lowest BCUT2D eigenvalue weighted by molar-refractivity contribution is 0.261. The monoisotopic (exact) mass is 339 g/mol. The van der Waals surface area contributed by atoms with Crippen molar-refractivity contribution in [3.8, 4) is 5.88 Å². The number of nitrogens with one attached hydrogen (secondary N) is 1. The van der Waals surface area contributed by atoms with E-state index in [1.165, 1.54) is 12.1 Å². The first kappa shape index (κ1) is 17.8. The van der Waals surface area contributed by atoms with Gasteiger partial charge in [0.15, 0.2) is 0 Å². The second kappa shape index (κ2) is 8.31. The first-order valence-electron chi connectivity index (χ1n) is 7.77. The molecule has 1 N–H and O–H groups in total. The van der Waals surface area contributed by atoms with Crippen molar-refractivity contribution in [1.29, 1.82) is 0 Å². The van der Waals surface area contributed by atoms with Crippen LogP contribution in [-0.2, 0) is 19.6 Å². The molecule has 126 valence electrons. The van der Waals surface area contributed by atoms with Gasteiger partial charge in [-0.15, -0.1) is 0 Å². The van der Waals surface area contributed by atoms with Gasteiger partial charge in [-0.2, -0.15) is 5.10 Å². The van der Waals surface area contributed by atoms with Crippen LogP contribution in [0.2, 0.25) is 5.02 Å². The van der Waals surface area contributed by atoms with Crippen molar-refractivity contribution in [3.63, 3.8) is 0 Å². The number of rotatable bonds is 8. The van der Waals surface area contributed by atoms with Crippen molar-refractivity contribution >= 4 is 11.6 Å². The Morgan fingerprint density at radius 1 is 1.35 bits per heavy atom. The molecule has 1 aromatic heterocycles. The number of halogens is 2. The minimum atomic E-state index is -0.320. The molecule has 1 aromatic carbocycles. The molecule has 0 radical (unpaired) electrons. The molecule has 2 rings (SSSR count). The van der Waals surface area contributed by atoms with E-state index >= 15 is 0 Å². The Bertz CT molecular complexity index is 643. The normalized spacial score (nSPS) is 11.2. The number of ether oxygens (including phenoxy) is 1. The fraction of sp³-hybridized carbons (Fsp3) is 0.471. The second-order valence-electron chi connectivity index (χ2n) is 5.93. The summed E-state index contributed by atoms with van der Waals surface area (Å²) in [6.45, 7) is 5.97. The van der Waals surface area contributed by atoms with E-state index in [1.54, 1.807) is 6.07 Å². The average molecular weight is 340 g/mol. The molecule has 0 aliphatic carbocycles. The van der Waals surface area contributed by atoms with E-state index in [1.807, 2.05) is 17.8 Å². The predicted octanol–water partition coefficient (Wildman–Crippen LogP) is 3.67. The van der Waals surface area contributed by atoms with Crippen LogP contribution in [0.5, 0.6) is 5.88 Å². The molecule has 0 aliphatic heterocycles. The Kier molecular flexibility index (Phi) is 6.42. The van der Waals surface area contributed by atoms with Crippen LogP contribution in [0.25, 0.3) is 0 Å². The van der Waals surface area contributed by atoms with Gasteiger partial charge in [0.1, 0.15) is 12.4 Å². The minimum absolute atomic E-state index is 0.127. The lowest BCUT2D eigenvalue weighted by Gasteiger charge is -2.11. The lowest BCUT2D eigenvalue weighted by atomic mass is 10.2. The molecule has 0 aliphatic rings. The summed E-state index contributed by atoms with van der Waals surface area (Å²) in [5.41, 5.74) is 1.40. The van der Waals surface area contributed by atoms with Gasteiger partial charge < -0.3 is 10.1 Å². The molecule has 1 heterocycles. The molecule has 0 saturated heterocycles. The Morgan fingerprint density at radius 2 is 2.13 bits per heavy atom. The molecular formula is C17H23ClFN3O. The predicted molar refractivity (Wildman–Crippen MR) is 90.4 cm³/mol. The Morgan fingerprint density at radius 3 is 2.83 bits per heavy atom. The molecule has 4 nitrogen and oxygen atoms in total. The van der Waals surface area contributed by atoms with Gasteiger partial charge in [-0.25, -0.2) is 9.07 Å². The highest BCUT2D eigenvalue weighted by molar-refractivity contribution is 6.30. The summed E-state index contributed by atoms with van der Waals surface area (Å²) in [6.07, 6.45) is 0.823. The molecule has 6 heteroatoms. The van der Waals surface area contributed by atoms with Crippen molar-refractivity contribution < 1.29 is 9.13 Å². The van der Waals surface area contributed by atoms with Crippen LogP contribution in [0.15, 0.2) is 24.3 Å². The summed E-state index contributed by atoms with van der Waals surface area (Å²) >= 11 is 5.91. The molecule has 0 unspecified atom stereocenters. The third kappa shape index (κ3) is 5.22. The summed E-state index contributed by atoms with van der Waals surface area (Å²) in [5, 5.41) is 8.17. The Hall–Kier alpha value is -1.59. The summed E-state index contributed by atoms with van der Waals surface area (Å²) in [6, 6.07) is 6.38. The fourth-order valence-electron chi connectivity index (χ4n) is 2.22. The van der Waals surface area contributed by atoms with Crippen molar-refractivity contribution in [2.75, 3.05) is 13.6 Å². The Labute approximate surface area is 141 Å². The maximum atomic E-state index is 13.8. The van der Waals surface area contributed by atoms with Gasteiger partial charge in [0, 0.05) is 36.2 Å². The van der Waals surface area contributed by atoms with Crippen molar-refractivity contribution in [1.82, 2.24) is 15.1 Å². The van der Waals surface area contributed by atoms with E-state index in [9.17, 15) is 4.39 Å². The zero-order valence-electron chi connectivity index (χ0n) is 13.8. The molecule has 0 atom stereocenters. The molecule has 0 saturated carbocycles. The SMILES string of the molecule is CNCCc1cc(OCc2cc(Cl)ccc2F)n(CC(C)C)n1. The van der Waals surface area contributed by atoms with Gasteiger partial charge in [0.2, 0.25) is 5.88 Å². The highest BCUT2D eigenvalue weighted by Gasteiger charge is 2.12. The maximum Gasteiger partial charge on any atom is 0.212 e. The number of hydrogen-bond donors (Lipinski definition) is 1. The third-order valence-corrected chi connectivity index (χ3v) is 3.58. The molecule has 0 amide bonds.